The van der Waals surface area contributed by atoms with Gasteiger partial charge < -0.3 is 11.1 Å². The molecule has 20 heavy (non-hydrogen) atoms. The summed E-state index contributed by atoms with van der Waals surface area (Å²) in [6.07, 6.45) is 0. The molecule has 3 N–H and O–H groups in total. The van der Waals surface area contributed by atoms with Gasteiger partial charge in [-0.25, -0.2) is 8.78 Å². The number of rotatable bonds is 3. The van der Waals surface area contributed by atoms with Gasteiger partial charge >= 0.3 is 0 Å². The highest BCUT2D eigenvalue weighted by Gasteiger charge is 2.09. The van der Waals surface area contributed by atoms with E-state index in [0.717, 1.165) is 12.1 Å². The third-order valence-corrected chi connectivity index (χ3v) is 3.06. The Morgan fingerprint density at radius 3 is 2.60 bits per heavy atom. The molecular weight excluding hydrogens is 286 g/mol. The fourth-order valence-electron chi connectivity index (χ4n) is 1.63. The number of hydrogen-bond acceptors (Lipinski definition) is 2. The fraction of sp³-hybridized carbons (Fsp3) is 0.0714. The topological polar surface area (TPSA) is 55.1 Å². The van der Waals surface area contributed by atoms with Crippen LogP contribution in [0.1, 0.15) is 15.9 Å². The number of benzene rings is 2. The Morgan fingerprint density at radius 2 is 1.95 bits per heavy atom. The van der Waals surface area contributed by atoms with E-state index < -0.39 is 17.5 Å². The van der Waals surface area contributed by atoms with Gasteiger partial charge in [0.25, 0.3) is 5.91 Å². The van der Waals surface area contributed by atoms with Crippen molar-refractivity contribution in [3.63, 3.8) is 0 Å². The summed E-state index contributed by atoms with van der Waals surface area (Å²) in [5.74, 6) is -1.79. The molecule has 0 aliphatic carbocycles. The zero-order valence-electron chi connectivity index (χ0n) is 10.3. The van der Waals surface area contributed by atoms with Crippen LogP contribution >= 0.6 is 11.6 Å². The van der Waals surface area contributed by atoms with Crippen molar-refractivity contribution in [3.05, 3.63) is 64.2 Å². The molecule has 0 spiro atoms. The highest BCUT2D eigenvalue weighted by atomic mass is 35.5. The van der Waals surface area contributed by atoms with Crippen molar-refractivity contribution < 1.29 is 13.6 Å². The fourth-order valence-corrected chi connectivity index (χ4v) is 1.75. The molecule has 2 aromatic rings. The van der Waals surface area contributed by atoms with Gasteiger partial charge in [-0.2, -0.15) is 0 Å². The van der Waals surface area contributed by atoms with Crippen molar-refractivity contribution in [1.82, 2.24) is 5.32 Å². The Kier molecular flexibility index (Phi) is 4.20. The molecule has 0 radical (unpaired) electrons. The van der Waals surface area contributed by atoms with Crippen LogP contribution in [0.5, 0.6) is 0 Å². The predicted molar refractivity (Wildman–Crippen MR) is 73.4 cm³/mol. The van der Waals surface area contributed by atoms with Gasteiger partial charge in [0, 0.05) is 23.7 Å². The minimum Gasteiger partial charge on any atom is -0.398 e. The lowest BCUT2D eigenvalue weighted by Gasteiger charge is -2.07. The minimum absolute atomic E-state index is 0.0481. The Balaban J connectivity index is 2.06. The second-order valence-corrected chi connectivity index (χ2v) is 4.56. The molecule has 0 aromatic heterocycles. The molecule has 0 aliphatic rings. The first kappa shape index (κ1) is 14.3. The molecule has 0 unspecified atom stereocenters. The third kappa shape index (κ3) is 3.24. The van der Waals surface area contributed by atoms with Gasteiger partial charge in [-0.3, -0.25) is 4.79 Å². The van der Waals surface area contributed by atoms with E-state index in [1.807, 2.05) is 0 Å². The SMILES string of the molecule is Nc1cc(C(=O)NCc2ccc(F)cc2F)ccc1Cl. The van der Waals surface area contributed by atoms with Gasteiger partial charge in [-0.05, 0) is 24.3 Å². The van der Waals surface area contributed by atoms with Crippen LogP contribution in [0.15, 0.2) is 36.4 Å². The number of carbonyl (C=O) groups is 1. The first-order valence-corrected chi connectivity index (χ1v) is 6.12. The third-order valence-electron chi connectivity index (χ3n) is 2.71. The molecule has 0 saturated carbocycles. The van der Waals surface area contributed by atoms with Crippen molar-refractivity contribution in [2.24, 2.45) is 0 Å². The van der Waals surface area contributed by atoms with Crippen LogP contribution in [0.2, 0.25) is 5.02 Å². The number of nitrogens with one attached hydrogen (secondary N) is 1. The molecule has 0 aliphatic heterocycles. The van der Waals surface area contributed by atoms with Crippen LogP contribution in [0, 0.1) is 11.6 Å². The summed E-state index contributed by atoms with van der Waals surface area (Å²) < 4.78 is 26.1. The van der Waals surface area contributed by atoms with Gasteiger partial charge in [0.2, 0.25) is 0 Å². The quantitative estimate of drug-likeness (QED) is 0.855. The standard InChI is InChI=1S/C14H11ClF2N2O/c15-11-4-2-8(5-13(11)18)14(20)19-7-9-1-3-10(16)6-12(9)17/h1-6H,7,18H2,(H,19,20). The van der Waals surface area contributed by atoms with Crippen molar-refractivity contribution in [2.45, 2.75) is 6.54 Å². The predicted octanol–water partition coefficient (Wildman–Crippen LogP) is 3.13. The summed E-state index contributed by atoms with van der Waals surface area (Å²) in [6.45, 7) is -0.0481. The molecule has 3 nitrogen and oxygen atoms in total. The van der Waals surface area contributed by atoms with E-state index in [1.54, 1.807) is 0 Å². The highest BCUT2D eigenvalue weighted by Crippen LogP contribution is 2.19. The Bertz CT molecular complexity index is 662. The normalized spacial score (nSPS) is 10.3. The molecule has 0 bridgehead atoms. The number of amides is 1. The van der Waals surface area contributed by atoms with E-state index in [4.69, 9.17) is 17.3 Å². The molecule has 0 saturated heterocycles. The largest absolute Gasteiger partial charge is 0.398 e. The maximum atomic E-state index is 13.4. The number of carbonyl (C=O) groups excluding carboxylic acids is 1. The van der Waals surface area contributed by atoms with Crippen molar-refractivity contribution in [1.29, 1.82) is 0 Å². The van der Waals surface area contributed by atoms with Crippen LogP contribution in [0.4, 0.5) is 14.5 Å². The average molecular weight is 297 g/mol. The Morgan fingerprint density at radius 1 is 1.20 bits per heavy atom. The molecule has 0 fully saturated rings. The minimum atomic E-state index is -0.707. The Labute approximate surface area is 119 Å². The van der Waals surface area contributed by atoms with E-state index in [9.17, 15) is 13.6 Å². The van der Waals surface area contributed by atoms with Gasteiger partial charge in [-0.1, -0.05) is 17.7 Å². The van der Waals surface area contributed by atoms with E-state index in [2.05, 4.69) is 5.32 Å². The van der Waals surface area contributed by atoms with Crippen LogP contribution in [-0.4, -0.2) is 5.91 Å². The summed E-state index contributed by atoms with van der Waals surface area (Å²) in [5.41, 5.74) is 6.39. The number of halogens is 3. The van der Waals surface area contributed by atoms with Crippen LogP contribution in [0.25, 0.3) is 0 Å². The zero-order chi connectivity index (χ0) is 14.7. The van der Waals surface area contributed by atoms with Gasteiger partial charge in [-0.15, -0.1) is 0 Å². The summed E-state index contributed by atoms with van der Waals surface area (Å²) >= 11 is 5.75. The highest BCUT2D eigenvalue weighted by molar-refractivity contribution is 6.33. The lowest BCUT2D eigenvalue weighted by atomic mass is 10.1. The summed E-state index contributed by atoms with van der Waals surface area (Å²) in [7, 11) is 0. The number of hydrogen-bond donors (Lipinski definition) is 2. The molecule has 6 heteroatoms. The van der Waals surface area contributed by atoms with E-state index in [-0.39, 0.29) is 17.8 Å². The van der Waals surface area contributed by atoms with Crippen molar-refractivity contribution >= 4 is 23.2 Å². The maximum absolute atomic E-state index is 13.4. The first-order chi connectivity index (χ1) is 9.47. The van der Waals surface area contributed by atoms with Crippen LogP contribution < -0.4 is 11.1 Å². The first-order valence-electron chi connectivity index (χ1n) is 5.74. The monoisotopic (exact) mass is 296 g/mol. The number of anilines is 1. The van der Waals surface area contributed by atoms with Crippen molar-refractivity contribution in [2.75, 3.05) is 5.73 Å². The zero-order valence-corrected chi connectivity index (χ0v) is 11.0. The molecule has 2 aromatic carbocycles. The number of nitrogens with two attached hydrogens (primary N) is 1. The lowest BCUT2D eigenvalue weighted by molar-refractivity contribution is 0.0950. The maximum Gasteiger partial charge on any atom is 0.251 e. The number of nitrogen functional groups attached to an aromatic ring is 1. The van der Waals surface area contributed by atoms with Crippen LogP contribution in [-0.2, 0) is 6.54 Å². The lowest BCUT2D eigenvalue weighted by Crippen LogP contribution is -2.23. The average Bonchev–Trinajstić information content (AvgIpc) is 2.40. The van der Waals surface area contributed by atoms with E-state index in [1.165, 1.54) is 24.3 Å². The van der Waals surface area contributed by atoms with Gasteiger partial charge in [0.1, 0.15) is 11.6 Å². The molecule has 1 amide bonds. The molecule has 0 atom stereocenters. The molecule has 104 valence electrons. The summed E-state index contributed by atoms with van der Waals surface area (Å²) in [5, 5.41) is 2.88. The molecule has 2 rings (SSSR count). The van der Waals surface area contributed by atoms with Crippen LogP contribution in [0.3, 0.4) is 0 Å². The second-order valence-electron chi connectivity index (χ2n) is 4.15. The van der Waals surface area contributed by atoms with E-state index >= 15 is 0 Å². The molecule has 0 heterocycles. The molecular formula is C14H11ClF2N2O. The van der Waals surface area contributed by atoms with Gasteiger partial charge in [0.15, 0.2) is 0 Å². The smallest absolute Gasteiger partial charge is 0.251 e. The van der Waals surface area contributed by atoms with Crippen molar-refractivity contribution in [3.8, 4) is 0 Å². The van der Waals surface area contributed by atoms with Gasteiger partial charge in [0.05, 0.1) is 10.7 Å². The Hall–Kier alpha value is -2.14. The second kappa shape index (κ2) is 5.88. The summed E-state index contributed by atoms with van der Waals surface area (Å²) in [4.78, 5) is 11.9. The van der Waals surface area contributed by atoms with E-state index in [0.29, 0.717) is 10.6 Å². The summed E-state index contributed by atoms with van der Waals surface area (Å²) in [6, 6.07) is 7.62.